The molecule has 0 atom stereocenters. The van der Waals surface area contributed by atoms with E-state index in [1.165, 1.54) is 11.6 Å². The number of carboxylic acid groups (broad SMARTS) is 1. The molecule has 3 rings (SSSR count). The highest BCUT2D eigenvalue weighted by Crippen LogP contribution is 2.41. The van der Waals surface area contributed by atoms with Crippen LogP contribution in [0, 0.1) is 0 Å². The second-order valence-electron chi connectivity index (χ2n) is 7.02. The van der Waals surface area contributed by atoms with E-state index in [0.717, 1.165) is 0 Å². The van der Waals surface area contributed by atoms with Crippen LogP contribution >= 0.6 is 31.9 Å². The summed E-state index contributed by atoms with van der Waals surface area (Å²) in [5.41, 5.74) is 1.83. The number of benzene rings is 3. The van der Waals surface area contributed by atoms with Crippen molar-refractivity contribution in [3.05, 3.63) is 74.7 Å². The maximum Gasteiger partial charge on any atom is 0.307 e. The van der Waals surface area contributed by atoms with Crippen LogP contribution in [0.4, 0.5) is 0 Å². The molecule has 0 spiro atoms. The quantitative estimate of drug-likeness (QED) is 0.333. The van der Waals surface area contributed by atoms with Gasteiger partial charge in [0.25, 0.3) is 0 Å². The van der Waals surface area contributed by atoms with Gasteiger partial charge < -0.3 is 19.7 Å². The summed E-state index contributed by atoms with van der Waals surface area (Å²) in [4.78, 5) is 10.9. The number of aromatic hydroxyl groups is 1. The van der Waals surface area contributed by atoms with Crippen molar-refractivity contribution in [2.24, 2.45) is 0 Å². The molecule has 0 heterocycles. The summed E-state index contributed by atoms with van der Waals surface area (Å²) < 4.78 is 13.0. The number of carboxylic acids is 1. The SMILES string of the molecule is CC(C)c1ccc(Oc2cc(Oc3c(Br)cc(CC(=O)O)cc3Br)ccc2O)cc1. The molecule has 0 aliphatic rings. The van der Waals surface area contributed by atoms with Crippen LogP contribution in [0.2, 0.25) is 0 Å². The minimum absolute atomic E-state index is 0.00905. The van der Waals surface area contributed by atoms with E-state index in [0.29, 0.717) is 37.7 Å². The van der Waals surface area contributed by atoms with Crippen molar-refractivity contribution in [3.63, 3.8) is 0 Å². The first kappa shape index (κ1) is 22.2. The minimum atomic E-state index is -0.913. The number of rotatable bonds is 7. The third-order valence-electron chi connectivity index (χ3n) is 4.34. The highest BCUT2D eigenvalue weighted by Gasteiger charge is 2.14. The molecule has 0 radical (unpaired) electrons. The number of hydrogen-bond donors (Lipinski definition) is 2. The van der Waals surface area contributed by atoms with Crippen LogP contribution in [0.1, 0.15) is 30.9 Å². The van der Waals surface area contributed by atoms with Crippen molar-refractivity contribution in [2.45, 2.75) is 26.2 Å². The molecule has 7 heteroatoms. The minimum Gasteiger partial charge on any atom is -0.504 e. The van der Waals surface area contributed by atoms with Crippen LogP contribution < -0.4 is 9.47 Å². The summed E-state index contributed by atoms with van der Waals surface area (Å²) in [6.07, 6.45) is -0.0930. The number of halogens is 2. The van der Waals surface area contributed by atoms with Crippen LogP contribution in [0.15, 0.2) is 63.5 Å². The molecule has 0 aromatic heterocycles. The highest BCUT2D eigenvalue weighted by molar-refractivity contribution is 9.11. The Morgan fingerprint density at radius 1 is 0.933 bits per heavy atom. The van der Waals surface area contributed by atoms with Gasteiger partial charge in [0.1, 0.15) is 11.5 Å². The van der Waals surface area contributed by atoms with E-state index >= 15 is 0 Å². The largest absolute Gasteiger partial charge is 0.504 e. The van der Waals surface area contributed by atoms with Gasteiger partial charge in [0.15, 0.2) is 17.2 Å². The molecule has 5 nitrogen and oxygen atoms in total. The van der Waals surface area contributed by atoms with Crippen LogP contribution in [0.25, 0.3) is 0 Å². The molecule has 0 bridgehead atoms. The zero-order valence-corrected chi connectivity index (χ0v) is 19.5. The molecular formula is C23H20Br2O5. The Balaban J connectivity index is 1.82. The number of aliphatic carboxylic acids is 1. The van der Waals surface area contributed by atoms with E-state index in [2.05, 4.69) is 45.7 Å². The molecule has 156 valence electrons. The maximum atomic E-state index is 10.9. The number of phenolic OH excluding ortho intramolecular Hbond substituents is 1. The standard InChI is InChI=1S/C23H20Br2O5/c1-13(2)15-3-5-16(6-4-15)29-21-12-17(7-8-20(21)26)30-23-18(24)9-14(10-19(23)25)11-22(27)28/h3-10,12-13,26H,11H2,1-2H3,(H,27,28). The van der Waals surface area contributed by atoms with Gasteiger partial charge in [0.05, 0.1) is 15.4 Å². The Morgan fingerprint density at radius 2 is 1.53 bits per heavy atom. The maximum absolute atomic E-state index is 10.9. The molecule has 2 N–H and O–H groups in total. The molecular weight excluding hydrogens is 516 g/mol. The molecule has 0 aliphatic carbocycles. The van der Waals surface area contributed by atoms with Gasteiger partial charge in [0.2, 0.25) is 0 Å². The lowest BCUT2D eigenvalue weighted by Gasteiger charge is -2.14. The van der Waals surface area contributed by atoms with E-state index in [1.807, 2.05) is 24.3 Å². The number of ether oxygens (including phenoxy) is 2. The van der Waals surface area contributed by atoms with E-state index in [9.17, 15) is 9.90 Å². The summed E-state index contributed by atoms with van der Waals surface area (Å²) in [5, 5.41) is 19.2. The Hall–Kier alpha value is -2.51. The van der Waals surface area contributed by atoms with Crippen LogP contribution in [-0.2, 0) is 11.2 Å². The average Bonchev–Trinajstić information content (AvgIpc) is 2.67. The summed E-state index contributed by atoms with van der Waals surface area (Å²) in [6.45, 7) is 4.24. The molecule has 0 fully saturated rings. The third kappa shape index (κ3) is 5.55. The molecule has 3 aromatic carbocycles. The van der Waals surface area contributed by atoms with Gasteiger partial charge >= 0.3 is 5.97 Å². The van der Waals surface area contributed by atoms with Crippen molar-refractivity contribution >= 4 is 37.8 Å². The topological polar surface area (TPSA) is 76.0 Å². The summed E-state index contributed by atoms with van der Waals surface area (Å²) >= 11 is 6.84. The van der Waals surface area contributed by atoms with Crippen LogP contribution in [0.5, 0.6) is 28.7 Å². The summed E-state index contributed by atoms with van der Waals surface area (Å²) in [7, 11) is 0. The smallest absolute Gasteiger partial charge is 0.307 e. The average molecular weight is 536 g/mol. The molecule has 0 aliphatic heterocycles. The van der Waals surface area contributed by atoms with E-state index in [-0.39, 0.29) is 17.9 Å². The molecule has 0 saturated carbocycles. The first-order chi connectivity index (χ1) is 14.2. The van der Waals surface area contributed by atoms with Crippen molar-refractivity contribution in [1.82, 2.24) is 0 Å². The van der Waals surface area contributed by atoms with Crippen molar-refractivity contribution in [2.75, 3.05) is 0 Å². The van der Waals surface area contributed by atoms with Gasteiger partial charge in [-0.15, -0.1) is 0 Å². The predicted octanol–water partition coefficient (Wildman–Crippen LogP) is 7.25. The second-order valence-corrected chi connectivity index (χ2v) is 8.73. The third-order valence-corrected chi connectivity index (χ3v) is 5.52. The first-order valence-corrected chi connectivity index (χ1v) is 10.8. The van der Waals surface area contributed by atoms with E-state index < -0.39 is 5.97 Å². The highest BCUT2D eigenvalue weighted by atomic mass is 79.9. The zero-order valence-electron chi connectivity index (χ0n) is 16.4. The fourth-order valence-corrected chi connectivity index (χ4v) is 4.23. The fraction of sp³-hybridized carbons (Fsp3) is 0.174. The Kier molecular flexibility index (Phi) is 7.05. The normalized spacial score (nSPS) is 10.8. The number of hydrogen-bond acceptors (Lipinski definition) is 4. The Bertz CT molecular complexity index is 1040. The fourth-order valence-electron chi connectivity index (χ4n) is 2.79. The molecule has 0 saturated heterocycles. The monoisotopic (exact) mass is 534 g/mol. The molecule has 30 heavy (non-hydrogen) atoms. The van der Waals surface area contributed by atoms with Gasteiger partial charge in [-0.25, -0.2) is 0 Å². The van der Waals surface area contributed by atoms with E-state index in [1.54, 1.807) is 24.3 Å². The Labute approximate surface area is 191 Å². The van der Waals surface area contributed by atoms with Crippen molar-refractivity contribution < 1.29 is 24.5 Å². The van der Waals surface area contributed by atoms with Crippen LogP contribution in [-0.4, -0.2) is 16.2 Å². The number of phenols is 1. The predicted molar refractivity (Wildman–Crippen MR) is 122 cm³/mol. The van der Waals surface area contributed by atoms with Crippen LogP contribution in [0.3, 0.4) is 0 Å². The van der Waals surface area contributed by atoms with E-state index in [4.69, 9.17) is 14.6 Å². The number of carbonyl (C=O) groups is 1. The van der Waals surface area contributed by atoms with Gasteiger partial charge in [-0.05, 0) is 85.3 Å². The van der Waals surface area contributed by atoms with Gasteiger partial charge in [-0.1, -0.05) is 26.0 Å². The second kappa shape index (κ2) is 9.53. The van der Waals surface area contributed by atoms with Crippen molar-refractivity contribution in [3.8, 4) is 28.7 Å². The van der Waals surface area contributed by atoms with Gasteiger partial charge in [-0.3, -0.25) is 4.79 Å². The first-order valence-electron chi connectivity index (χ1n) is 9.21. The zero-order chi connectivity index (χ0) is 21.8. The van der Waals surface area contributed by atoms with Gasteiger partial charge in [-0.2, -0.15) is 0 Å². The van der Waals surface area contributed by atoms with Crippen molar-refractivity contribution in [1.29, 1.82) is 0 Å². The lowest BCUT2D eigenvalue weighted by molar-refractivity contribution is -0.136. The lowest BCUT2D eigenvalue weighted by Crippen LogP contribution is -2.00. The Morgan fingerprint density at radius 3 is 2.10 bits per heavy atom. The molecule has 0 unspecified atom stereocenters. The lowest BCUT2D eigenvalue weighted by atomic mass is 10.0. The molecule has 0 amide bonds. The molecule has 3 aromatic rings. The summed E-state index contributed by atoms with van der Waals surface area (Å²) in [5.74, 6) is 1.31. The van der Waals surface area contributed by atoms with Gasteiger partial charge in [0, 0.05) is 6.07 Å². The summed E-state index contributed by atoms with van der Waals surface area (Å²) in [6, 6.07) is 15.8.